The summed E-state index contributed by atoms with van der Waals surface area (Å²) in [6, 6.07) is 9.61. The number of hydrogen-bond donors (Lipinski definition) is 4. The Kier molecular flexibility index (Phi) is 10.1. The van der Waals surface area contributed by atoms with Gasteiger partial charge in [-0.25, -0.2) is 4.79 Å². The molecular weight excluding hydrogens is 596 g/mol. The fraction of sp³-hybridized carbons (Fsp3) is 0.412. The Labute approximate surface area is 267 Å². The minimum Gasteiger partial charge on any atom is -0.494 e. The van der Waals surface area contributed by atoms with E-state index in [9.17, 15) is 24.6 Å². The molecule has 0 unspecified atom stereocenters. The number of aliphatic carboxylic acids is 1. The molecule has 2 heterocycles. The van der Waals surface area contributed by atoms with E-state index in [0.717, 1.165) is 50.1 Å². The molecule has 2 aromatic carbocycles. The van der Waals surface area contributed by atoms with Crippen molar-refractivity contribution in [1.82, 2.24) is 20.1 Å². The second-order valence-corrected chi connectivity index (χ2v) is 12.4. The summed E-state index contributed by atoms with van der Waals surface area (Å²) in [5.74, 6) is -2.75. The van der Waals surface area contributed by atoms with E-state index >= 15 is 0 Å². The number of rotatable bonds is 13. The Morgan fingerprint density at radius 1 is 1.13 bits per heavy atom. The Bertz CT molecular complexity index is 1750. The average Bonchev–Trinajstić information content (AvgIpc) is 3.47. The molecule has 4 N–H and O–H groups in total. The molecular formula is C34H41ClN4O6. The molecule has 0 aliphatic carbocycles. The summed E-state index contributed by atoms with van der Waals surface area (Å²) in [4.78, 5) is 41.6. The first-order chi connectivity index (χ1) is 21.1. The number of carbonyl (C=O) groups is 3. The molecule has 1 amide bonds. The van der Waals surface area contributed by atoms with Gasteiger partial charge in [-0.2, -0.15) is 5.10 Å². The highest BCUT2D eigenvalue weighted by atomic mass is 35.5. The van der Waals surface area contributed by atoms with Gasteiger partial charge in [-0.15, -0.1) is 0 Å². The van der Waals surface area contributed by atoms with Crippen LogP contribution in [0.25, 0.3) is 22.0 Å². The summed E-state index contributed by atoms with van der Waals surface area (Å²) < 4.78 is 7.83. The maximum atomic E-state index is 13.6. The zero-order valence-electron chi connectivity index (χ0n) is 26.8. The molecule has 10 nitrogen and oxygen atoms in total. The van der Waals surface area contributed by atoms with E-state index in [1.807, 2.05) is 69.8 Å². The lowest BCUT2D eigenvalue weighted by Gasteiger charge is -2.23. The SMILES string of the molecule is Cc1cc(OCCCc2c(C(=O)NCC(=O)[C@](O)(CC(C)C)C(=O)O)[nH]c3c(-c4c(C)nn(C)c4C)cccc23)cc(C)c1Cl. The Morgan fingerprint density at radius 2 is 1.80 bits per heavy atom. The average molecular weight is 637 g/mol. The van der Waals surface area contributed by atoms with Crippen molar-refractivity contribution in [3.8, 4) is 16.9 Å². The van der Waals surface area contributed by atoms with Gasteiger partial charge in [-0.3, -0.25) is 14.3 Å². The third-order valence-corrected chi connectivity index (χ3v) is 8.72. The molecule has 4 aromatic rings. The third-order valence-electron chi connectivity index (χ3n) is 8.12. The highest BCUT2D eigenvalue weighted by Gasteiger charge is 2.44. The number of halogens is 1. The minimum absolute atomic E-state index is 0.255. The van der Waals surface area contributed by atoms with Crippen LogP contribution in [0.1, 0.15) is 65.3 Å². The minimum atomic E-state index is -2.59. The van der Waals surface area contributed by atoms with Crippen LogP contribution >= 0.6 is 11.6 Å². The van der Waals surface area contributed by atoms with Crippen LogP contribution in [-0.4, -0.2) is 61.4 Å². The van der Waals surface area contributed by atoms with Gasteiger partial charge in [0.05, 0.1) is 24.4 Å². The van der Waals surface area contributed by atoms with Crippen LogP contribution in [0, 0.1) is 33.6 Å². The Balaban J connectivity index is 1.66. The van der Waals surface area contributed by atoms with Crippen LogP contribution in [0.3, 0.4) is 0 Å². The maximum Gasteiger partial charge on any atom is 0.343 e. The van der Waals surface area contributed by atoms with E-state index in [4.69, 9.17) is 16.3 Å². The van der Waals surface area contributed by atoms with Crippen molar-refractivity contribution in [2.45, 2.75) is 66.4 Å². The first kappa shape index (κ1) is 33.7. The molecule has 0 radical (unpaired) electrons. The van der Waals surface area contributed by atoms with Gasteiger partial charge in [-0.1, -0.05) is 43.6 Å². The number of carboxylic acid groups (broad SMARTS) is 1. The number of H-pyrrole nitrogens is 1. The molecule has 45 heavy (non-hydrogen) atoms. The highest BCUT2D eigenvalue weighted by Crippen LogP contribution is 2.36. The number of nitrogens with one attached hydrogen (secondary N) is 2. The molecule has 4 rings (SSSR count). The van der Waals surface area contributed by atoms with Gasteiger partial charge in [0.15, 0.2) is 5.78 Å². The maximum absolute atomic E-state index is 13.6. The normalized spacial score (nSPS) is 12.8. The molecule has 240 valence electrons. The van der Waals surface area contributed by atoms with Gasteiger partial charge in [-0.05, 0) is 81.7 Å². The number of Topliss-reactive ketones (excluding diaryl/α,β-unsaturated/α-hetero) is 1. The van der Waals surface area contributed by atoms with Crippen molar-refractivity contribution >= 4 is 40.2 Å². The number of aromatic nitrogens is 3. The standard InChI is InChI=1S/C34H41ClN4O6/c1-18(2)16-34(44,33(42)43)27(40)17-36-32(41)31-25(12-9-13-45-23-14-19(3)29(35)20(4)15-23)24-10-8-11-26(30(24)37-31)28-21(5)38-39(7)22(28)6/h8,10-11,14-15,18,37,44H,9,12-13,16-17H2,1-7H3,(H,36,41)(H,42,43)/t34-/m1/s1. The first-order valence-electron chi connectivity index (χ1n) is 15.0. The predicted molar refractivity (Wildman–Crippen MR) is 174 cm³/mol. The predicted octanol–water partition coefficient (Wildman–Crippen LogP) is 5.63. The number of aromatic amines is 1. The number of hydrogen-bond acceptors (Lipinski definition) is 6. The van der Waals surface area contributed by atoms with Crippen LogP contribution in [0.2, 0.25) is 5.02 Å². The van der Waals surface area contributed by atoms with Crippen LogP contribution < -0.4 is 10.1 Å². The van der Waals surface area contributed by atoms with Crippen LogP contribution in [-0.2, 0) is 23.1 Å². The second kappa shape index (κ2) is 13.5. The molecule has 0 saturated heterocycles. The molecule has 0 bridgehead atoms. The largest absolute Gasteiger partial charge is 0.494 e. The molecule has 0 spiro atoms. The van der Waals surface area contributed by atoms with Crippen LogP contribution in [0.5, 0.6) is 5.75 Å². The van der Waals surface area contributed by atoms with Crippen molar-refractivity contribution in [3.05, 3.63) is 69.1 Å². The topological polar surface area (TPSA) is 147 Å². The van der Waals surface area contributed by atoms with Gasteiger partial charge < -0.3 is 25.3 Å². The smallest absolute Gasteiger partial charge is 0.343 e. The van der Waals surface area contributed by atoms with E-state index in [0.29, 0.717) is 30.2 Å². The zero-order valence-corrected chi connectivity index (χ0v) is 27.6. The summed E-state index contributed by atoms with van der Waals surface area (Å²) in [6.45, 7) is 10.9. The van der Waals surface area contributed by atoms with Crippen molar-refractivity contribution in [2.24, 2.45) is 13.0 Å². The quantitative estimate of drug-likeness (QED) is 0.110. The summed E-state index contributed by atoms with van der Waals surface area (Å²) in [5, 5.41) is 28.9. The molecule has 2 aromatic heterocycles. The lowest BCUT2D eigenvalue weighted by Crippen LogP contribution is -2.51. The van der Waals surface area contributed by atoms with Crippen LogP contribution in [0.4, 0.5) is 0 Å². The molecule has 0 fully saturated rings. The van der Waals surface area contributed by atoms with Crippen LogP contribution in [0.15, 0.2) is 30.3 Å². The summed E-state index contributed by atoms with van der Waals surface area (Å²) in [7, 11) is 1.88. The summed E-state index contributed by atoms with van der Waals surface area (Å²) in [6.07, 6.45) is 0.785. The number of ether oxygens (including phenoxy) is 1. The number of amides is 1. The van der Waals surface area contributed by atoms with Crippen molar-refractivity contribution in [3.63, 3.8) is 0 Å². The molecule has 0 saturated carbocycles. The van der Waals surface area contributed by atoms with E-state index in [-0.39, 0.29) is 18.0 Å². The first-order valence-corrected chi connectivity index (χ1v) is 15.3. The molecule has 0 aliphatic heterocycles. The Morgan fingerprint density at radius 3 is 2.38 bits per heavy atom. The van der Waals surface area contributed by atoms with Gasteiger partial charge in [0.2, 0.25) is 5.60 Å². The number of ketones is 1. The molecule has 1 atom stereocenters. The van der Waals surface area contributed by atoms with Gasteiger partial charge in [0.1, 0.15) is 11.4 Å². The van der Waals surface area contributed by atoms with E-state index in [1.54, 1.807) is 13.8 Å². The lowest BCUT2D eigenvalue weighted by atomic mass is 9.88. The summed E-state index contributed by atoms with van der Waals surface area (Å²) >= 11 is 6.30. The van der Waals surface area contributed by atoms with Gasteiger partial charge >= 0.3 is 5.97 Å². The van der Waals surface area contributed by atoms with Gasteiger partial charge in [0, 0.05) is 34.3 Å². The second-order valence-electron chi connectivity index (χ2n) is 12.1. The van der Waals surface area contributed by atoms with E-state index in [1.165, 1.54) is 0 Å². The monoisotopic (exact) mass is 636 g/mol. The Hall–Kier alpha value is -4.15. The zero-order chi connectivity index (χ0) is 33.2. The highest BCUT2D eigenvalue weighted by molar-refractivity contribution is 6.32. The fourth-order valence-electron chi connectivity index (χ4n) is 5.83. The van der Waals surface area contributed by atoms with E-state index < -0.39 is 29.8 Å². The number of carboxylic acids is 1. The number of nitrogens with zero attached hydrogens (tertiary/aromatic N) is 2. The third kappa shape index (κ3) is 6.92. The van der Waals surface area contributed by atoms with Crippen molar-refractivity contribution in [1.29, 1.82) is 0 Å². The number of aryl methyl sites for hydroxylation is 5. The van der Waals surface area contributed by atoms with E-state index in [2.05, 4.69) is 15.4 Å². The number of benzene rings is 2. The molecule has 0 aliphatic rings. The van der Waals surface area contributed by atoms with Gasteiger partial charge in [0.25, 0.3) is 5.91 Å². The van der Waals surface area contributed by atoms with Crippen molar-refractivity contribution in [2.75, 3.05) is 13.2 Å². The molecule has 11 heteroatoms. The number of para-hydroxylation sites is 1. The fourth-order valence-corrected chi connectivity index (χ4v) is 5.94. The number of carbonyl (C=O) groups excluding carboxylic acids is 2. The number of aliphatic hydroxyl groups is 1. The lowest BCUT2D eigenvalue weighted by molar-refractivity contribution is -0.166. The van der Waals surface area contributed by atoms with Crippen molar-refractivity contribution < 1.29 is 29.3 Å². The summed E-state index contributed by atoms with van der Waals surface area (Å²) in [5.41, 5.74) is 4.63. The number of fused-ring (bicyclic) bond motifs is 1.